The Morgan fingerprint density at radius 3 is 2.17 bits per heavy atom. The molecule has 0 spiro atoms. The number of carbonyl (C=O) groups excluding carboxylic acids is 1. The molecule has 0 saturated carbocycles. The van der Waals surface area contributed by atoms with Crippen LogP contribution in [0, 0.1) is 20.8 Å². The summed E-state index contributed by atoms with van der Waals surface area (Å²) >= 11 is 0. The summed E-state index contributed by atoms with van der Waals surface area (Å²) in [7, 11) is 0. The number of hydrogen-bond acceptors (Lipinski definition) is 2. The fraction of sp³-hybridized carbons (Fsp3) is 0.269. The number of aryl methyl sites for hydroxylation is 3. The van der Waals surface area contributed by atoms with Gasteiger partial charge in [0.05, 0.1) is 6.04 Å². The Kier molecular flexibility index (Phi) is 5.39. The third kappa shape index (κ3) is 3.77. The van der Waals surface area contributed by atoms with Crippen molar-refractivity contribution in [3.8, 4) is 0 Å². The van der Waals surface area contributed by atoms with Gasteiger partial charge in [-0.1, -0.05) is 66.7 Å². The van der Waals surface area contributed by atoms with Crippen molar-refractivity contribution in [2.45, 2.75) is 39.8 Å². The number of carbonyl (C=O) groups is 1. The van der Waals surface area contributed by atoms with Crippen molar-refractivity contribution in [1.82, 2.24) is 4.90 Å². The molecule has 0 aliphatic carbocycles. The zero-order valence-electron chi connectivity index (χ0n) is 17.3. The van der Waals surface area contributed by atoms with Crippen LogP contribution in [0.2, 0.25) is 0 Å². The van der Waals surface area contributed by atoms with E-state index < -0.39 is 0 Å². The molecular formula is C26H27NO2. The highest BCUT2D eigenvalue weighted by atomic mass is 16.6. The zero-order chi connectivity index (χ0) is 20.4. The van der Waals surface area contributed by atoms with Crippen LogP contribution < -0.4 is 0 Å². The van der Waals surface area contributed by atoms with Gasteiger partial charge in [-0.25, -0.2) is 4.79 Å². The van der Waals surface area contributed by atoms with Crippen molar-refractivity contribution in [1.29, 1.82) is 0 Å². The Bertz CT molecular complexity index is 1010. The van der Waals surface area contributed by atoms with Gasteiger partial charge in [0, 0.05) is 6.54 Å². The molecule has 1 atom stereocenters. The molecule has 1 heterocycles. The highest BCUT2D eigenvalue weighted by Crippen LogP contribution is 2.40. The quantitative estimate of drug-likeness (QED) is 0.562. The van der Waals surface area contributed by atoms with E-state index in [2.05, 4.69) is 57.2 Å². The Morgan fingerprint density at radius 1 is 0.862 bits per heavy atom. The lowest BCUT2D eigenvalue weighted by atomic mass is 9.82. The lowest BCUT2D eigenvalue weighted by molar-refractivity contribution is 0.0834. The molecule has 1 aliphatic heterocycles. The fourth-order valence-corrected chi connectivity index (χ4v) is 4.43. The van der Waals surface area contributed by atoms with E-state index in [0.717, 1.165) is 12.0 Å². The lowest BCUT2D eigenvalue weighted by Gasteiger charge is -2.39. The first kappa shape index (κ1) is 19.3. The highest BCUT2D eigenvalue weighted by molar-refractivity contribution is 5.71. The minimum atomic E-state index is -0.254. The Hall–Kier alpha value is -3.07. The van der Waals surface area contributed by atoms with Crippen molar-refractivity contribution in [3.05, 3.63) is 106 Å². The van der Waals surface area contributed by atoms with Crippen molar-refractivity contribution < 1.29 is 9.53 Å². The summed E-state index contributed by atoms with van der Waals surface area (Å²) in [5.41, 5.74) is 8.39. The van der Waals surface area contributed by atoms with Crippen LogP contribution in [-0.2, 0) is 17.8 Å². The number of nitrogens with zero attached hydrogens (tertiary/aromatic N) is 1. The molecule has 3 heteroatoms. The minimum Gasteiger partial charge on any atom is -0.445 e. The van der Waals surface area contributed by atoms with Gasteiger partial charge in [-0.3, -0.25) is 4.90 Å². The molecular weight excluding hydrogens is 358 g/mol. The zero-order valence-corrected chi connectivity index (χ0v) is 17.3. The van der Waals surface area contributed by atoms with Crippen LogP contribution >= 0.6 is 0 Å². The molecule has 29 heavy (non-hydrogen) atoms. The van der Waals surface area contributed by atoms with E-state index in [0.29, 0.717) is 6.54 Å². The van der Waals surface area contributed by atoms with E-state index in [9.17, 15) is 4.79 Å². The summed E-state index contributed by atoms with van der Waals surface area (Å²) in [5.74, 6) is 0. The number of ether oxygens (including phenoxy) is 1. The van der Waals surface area contributed by atoms with E-state index in [1.165, 1.54) is 33.4 Å². The number of hydrogen-bond donors (Lipinski definition) is 0. The maximum absolute atomic E-state index is 13.2. The van der Waals surface area contributed by atoms with Gasteiger partial charge in [0.2, 0.25) is 0 Å². The number of amides is 1. The van der Waals surface area contributed by atoms with Gasteiger partial charge in [-0.15, -0.1) is 0 Å². The lowest BCUT2D eigenvalue weighted by Crippen LogP contribution is -2.41. The molecule has 0 N–H and O–H groups in total. The molecule has 1 aliphatic rings. The molecule has 0 radical (unpaired) electrons. The van der Waals surface area contributed by atoms with Crippen LogP contribution in [-0.4, -0.2) is 17.5 Å². The molecule has 0 fully saturated rings. The Balaban J connectivity index is 1.73. The first-order chi connectivity index (χ1) is 14.1. The average molecular weight is 386 g/mol. The summed E-state index contributed by atoms with van der Waals surface area (Å²) in [6, 6.07) is 22.5. The van der Waals surface area contributed by atoms with Gasteiger partial charge in [-0.05, 0) is 66.1 Å². The molecule has 0 bridgehead atoms. The van der Waals surface area contributed by atoms with Crippen molar-refractivity contribution >= 4 is 6.09 Å². The molecule has 0 saturated heterocycles. The topological polar surface area (TPSA) is 29.5 Å². The van der Waals surface area contributed by atoms with Crippen LogP contribution in [0.4, 0.5) is 4.79 Å². The second-order valence-electron chi connectivity index (χ2n) is 7.84. The summed E-state index contributed by atoms with van der Waals surface area (Å²) < 4.78 is 5.74. The van der Waals surface area contributed by atoms with Gasteiger partial charge in [0.1, 0.15) is 6.61 Å². The molecule has 3 nitrogen and oxygen atoms in total. The second-order valence-corrected chi connectivity index (χ2v) is 7.84. The number of rotatable bonds is 3. The van der Waals surface area contributed by atoms with Crippen molar-refractivity contribution in [3.63, 3.8) is 0 Å². The molecule has 1 amide bonds. The van der Waals surface area contributed by atoms with Crippen LogP contribution in [0.25, 0.3) is 0 Å². The molecule has 0 aromatic heterocycles. The smallest absolute Gasteiger partial charge is 0.410 e. The van der Waals surface area contributed by atoms with Gasteiger partial charge in [-0.2, -0.15) is 0 Å². The number of benzene rings is 3. The van der Waals surface area contributed by atoms with Crippen LogP contribution in [0.15, 0.2) is 66.7 Å². The van der Waals surface area contributed by atoms with Gasteiger partial charge in [0.15, 0.2) is 0 Å². The maximum Gasteiger partial charge on any atom is 0.410 e. The summed E-state index contributed by atoms with van der Waals surface area (Å²) in [4.78, 5) is 15.1. The van der Waals surface area contributed by atoms with E-state index in [1.807, 2.05) is 35.2 Å². The fourth-order valence-electron chi connectivity index (χ4n) is 4.43. The van der Waals surface area contributed by atoms with E-state index in [4.69, 9.17) is 4.74 Å². The van der Waals surface area contributed by atoms with Crippen LogP contribution in [0.5, 0.6) is 0 Å². The summed E-state index contributed by atoms with van der Waals surface area (Å²) in [5, 5.41) is 0. The van der Waals surface area contributed by atoms with E-state index in [-0.39, 0.29) is 18.7 Å². The Labute approximate surface area is 172 Å². The standard InChI is InChI=1S/C26H27NO2/c1-18-9-7-10-19(2)23(18)25-24-20(3)11-8-14-22(24)15-16-27(25)26(28)29-17-21-12-5-4-6-13-21/h4-14,25H,15-17H2,1-3H3. The van der Waals surface area contributed by atoms with Gasteiger partial charge in [0.25, 0.3) is 0 Å². The first-order valence-electron chi connectivity index (χ1n) is 10.2. The number of fused-ring (bicyclic) bond motifs is 1. The van der Waals surface area contributed by atoms with Crippen molar-refractivity contribution in [2.24, 2.45) is 0 Å². The first-order valence-corrected chi connectivity index (χ1v) is 10.2. The second kappa shape index (κ2) is 8.12. The third-order valence-electron chi connectivity index (χ3n) is 5.88. The monoisotopic (exact) mass is 385 g/mol. The van der Waals surface area contributed by atoms with Crippen LogP contribution in [0.1, 0.15) is 45.0 Å². The van der Waals surface area contributed by atoms with Gasteiger partial charge < -0.3 is 4.74 Å². The average Bonchev–Trinajstić information content (AvgIpc) is 2.73. The Morgan fingerprint density at radius 2 is 1.48 bits per heavy atom. The predicted octanol–water partition coefficient (Wildman–Crippen LogP) is 5.90. The third-order valence-corrected chi connectivity index (χ3v) is 5.88. The van der Waals surface area contributed by atoms with Gasteiger partial charge >= 0.3 is 6.09 Å². The van der Waals surface area contributed by atoms with Crippen molar-refractivity contribution in [2.75, 3.05) is 6.54 Å². The molecule has 148 valence electrons. The summed E-state index contributed by atoms with van der Waals surface area (Å²) in [6.45, 7) is 7.34. The molecule has 1 unspecified atom stereocenters. The van der Waals surface area contributed by atoms with E-state index >= 15 is 0 Å². The minimum absolute atomic E-state index is 0.121. The SMILES string of the molecule is Cc1cccc(C)c1C1c2c(C)cccc2CCN1C(=O)OCc1ccccc1. The summed E-state index contributed by atoms with van der Waals surface area (Å²) in [6.07, 6.45) is 0.592. The predicted molar refractivity (Wildman–Crippen MR) is 116 cm³/mol. The molecule has 4 rings (SSSR count). The molecule has 3 aromatic rings. The molecule has 3 aromatic carbocycles. The largest absolute Gasteiger partial charge is 0.445 e. The van der Waals surface area contributed by atoms with Crippen LogP contribution in [0.3, 0.4) is 0 Å². The maximum atomic E-state index is 13.2. The normalized spacial score (nSPS) is 15.7. The van der Waals surface area contributed by atoms with E-state index in [1.54, 1.807) is 0 Å². The highest BCUT2D eigenvalue weighted by Gasteiger charge is 2.35.